The van der Waals surface area contributed by atoms with Crippen LogP contribution in [0.5, 0.6) is 0 Å². The van der Waals surface area contributed by atoms with E-state index in [0.717, 1.165) is 36.3 Å². The third kappa shape index (κ3) is 9.91. The van der Waals surface area contributed by atoms with Crippen molar-refractivity contribution >= 4 is 35.0 Å². The summed E-state index contributed by atoms with van der Waals surface area (Å²) in [5.74, 6) is -0.709. The second-order valence-corrected chi connectivity index (χ2v) is 4.04. The van der Waals surface area contributed by atoms with Gasteiger partial charge in [0.05, 0.1) is 0 Å². The number of carboxylic acids is 1. The summed E-state index contributed by atoms with van der Waals surface area (Å²) in [6.45, 7) is 0. The zero-order valence-electron chi connectivity index (χ0n) is 6.95. The Morgan fingerprint density at radius 1 is 1.17 bits per heavy atom. The summed E-state index contributed by atoms with van der Waals surface area (Å²) in [7, 11) is 0. The number of carboxylic acid groups (broad SMARTS) is 1. The molecule has 0 bridgehead atoms. The molecule has 12 heavy (non-hydrogen) atoms. The molecule has 0 aliphatic carbocycles. The summed E-state index contributed by atoms with van der Waals surface area (Å²) in [5.41, 5.74) is 0. The third-order valence-electron chi connectivity index (χ3n) is 1.53. The van der Waals surface area contributed by atoms with Gasteiger partial charge in [0, 0.05) is 10.6 Å². The predicted molar refractivity (Wildman–Crippen MR) is 56.9 cm³/mol. The first-order valence-electron chi connectivity index (χ1n) is 4.06. The van der Waals surface area contributed by atoms with Crippen LogP contribution in [0.4, 0.5) is 0 Å². The molecule has 1 N–H and O–H groups in total. The van der Waals surface area contributed by atoms with Crippen LogP contribution in [-0.4, -0.2) is 15.3 Å². The highest BCUT2D eigenvalue weighted by Gasteiger charge is 1.96. The highest BCUT2D eigenvalue weighted by atomic mass is 32.1. The highest BCUT2D eigenvalue weighted by molar-refractivity contribution is 8.11. The average molecular weight is 206 g/mol. The van der Waals surface area contributed by atoms with Gasteiger partial charge in [0.15, 0.2) is 0 Å². The monoisotopic (exact) mass is 206 g/mol. The van der Waals surface area contributed by atoms with Gasteiger partial charge in [0.1, 0.15) is 0 Å². The molecule has 0 amide bonds. The van der Waals surface area contributed by atoms with Gasteiger partial charge in [-0.05, 0) is 19.3 Å². The Labute approximate surface area is 83.8 Å². The number of aliphatic carboxylic acids is 1. The first kappa shape index (κ1) is 11.9. The molecule has 0 saturated heterocycles. The number of hydrogen-bond donors (Lipinski definition) is 2. The van der Waals surface area contributed by atoms with Crippen molar-refractivity contribution < 1.29 is 9.90 Å². The van der Waals surface area contributed by atoms with E-state index in [1.54, 1.807) is 0 Å². The van der Waals surface area contributed by atoms with E-state index in [1.807, 2.05) is 0 Å². The van der Waals surface area contributed by atoms with E-state index < -0.39 is 5.97 Å². The van der Waals surface area contributed by atoms with E-state index in [-0.39, 0.29) is 6.42 Å². The van der Waals surface area contributed by atoms with Crippen molar-refractivity contribution in [3.8, 4) is 0 Å². The first-order chi connectivity index (χ1) is 5.63. The molecule has 0 heterocycles. The van der Waals surface area contributed by atoms with Crippen LogP contribution in [0.15, 0.2) is 0 Å². The Bertz CT molecular complexity index is 139. The highest BCUT2D eigenvalue weighted by Crippen LogP contribution is 2.07. The van der Waals surface area contributed by atoms with Crippen LogP contribution in [-0.2, 0) is 4.79 Å². The molecule has 0 spiro atoms. The van der Waals surface area contributed by atoms with Gasteiger partial charge >= 0.3 is 5.97 Å². The molecule has 0 unspecified atom stereocenters. The molecule has 0 atom stereocenters. The number of thiocarbonyl (C=S) groups is 1. The molecular weight excluding hydrogens is 192 g/mol. The SMILES string of the molecule is O=C(O)CCCCCCC(=S)S. The lowest BCUT2D eigenvalue weighted by atomic mass is 10.1. The Morgan fingerprint density at radius 2 is 1.67 bits per heavy atom. The van der Waals surface area contributed by atoms with Crippen molar-refractivity contribution in [3.63, 3.8) is 0 Å². The topological polar surface area (TPSA) is 37.3 Å². The van der Waals surface area contributed by atoms with Crippen molar-refractivity contribution in [3.05, 3.63) is 0 Å². The minimum absolute atomic E-state index is 0.283. The predicted octanol–water partition coefficient (Wildman–Crippen LogP) is 2.67. The summed E-state index contributed by atoms with van der Waals surface area (Å²) in [4.78, 5) is 10.1. The van der Waals surface area contributed by atoms with Crippen LogP contribution in [0.1, 0.15) is 38.5 Å². The molecule has 0 aliphatic rings. The molecular formula is C8H14O2S2. The van der Waals surface area contributed by atoms with Crippen molar-refractivity contribution in [1.29, 1.82) is 0 Å². The molecule has 0 aromatic heterocycles. The van der Waals surface area contributed by atoms with Crippen molar-refractivity contribution in [1.82, 2.24) is 0 Å². The summed E-state index contributed by atoms with van der Waals surface area (Å²) < 4.78 is 0.744. The Kier molecular flexibility index (Phi) is 7.50. The van der Waals surface area contributed by atoms with Crippen molar-refractivity contribution in [2.45, 2.75) is 38.5 Å². The normalized spacial score (nSPS) is 9.75. The largest absolute Gasteiger partial charge is 0.481 e. The van der Waals surface area contributed by atoms with Crippen LogP contribution in [0, 0.1) is 0 Å². The van der Waals surface area contributed by atoms with E-state index in [9.17, 15) is 4.79 Å². The Hall–Kier alpha value is -0.0900. The van der Waals surface area contributed by atoms with Gasteiger partial charge < -0.3 is 5.11 Å². The molecule has 0 saturated carbocycles. The second-order valence-electron chi connectivity index (χ2n) is 2.70. The first-order valence-corrected chi connectivity index (χ1v) is 4.92. The van der Waals surface area contributed by atoms with E-state index in [1.165, 1.54) is 0 Å². The standard InChI is InChI=1S/C8H14O2S2/c9-7(10)5-3-1-2-4-6-8(11)12/h1-6H2,(H,9,10)(H,11,12). The fourth-order valence-corrected chi connectivity index (χ4v) is 1.21. The summed E-state index contributed by atoms with van der Waals surface area (Å²) in [5, 5.41) is 8.33. The lowest BCUT2D eigenvalue weighted by Gasteiger charge is -1.97. The van der Waals surface area contributed by atoms with E-state index in [0.29, 0.717) is 0 Å². The third-order valence-corrected chi connectivity index (χ3v) is 1.96. The Balaban J connectivity index is 3.01. The van der Waals surface area contributed by atoms with Crippen LogP contribution in [0.2, 0.25) is 0 Å². The van der Waals surface area contributed by atoms with Crippen molar-refractivity contribution in [2.24, 2.45) is 0 Å². The smallest absolute Gasteiger partial charge is 0.303 e. The molecule has 0 radical (unpaired) electrons. The molecule has 2 nitrogen and oxygen atoms in total. The summed E-state index contributed by atoms with van der Waals surface area (Å²) in [6, 6.07) is 0. The molecule has 0 aliphatic heterocycles. The van der Waals surface area contributed by atoms with Crippen LogP contribution >= 0.6 is 24.8 Å². The van der Waals surface area contributed by atoms with E-state index in [4.69, 9.17) is 17.3 Å². The zero-order valence-corrected chi connectivity index (χ0v) is 8.66. The number of carbonyl (C=O) groups is 1. The van der Waals surface area contributed by atoms with Crippen LogP contribution < -0.4 is 0 Å². The molecule has 4 heteroatoms. The lowest BCUT2D eigenvalue weighted by molar-refractivity contribution is -0.137. The molecule has 0 aromatic carbocycles. The number of thiol groups is 1. The van der Waals surface area contributed by atoms with Crippen LogP contribution in [0.25, 0.3) is 0 Å². The average Bonchev–Trinajstić information content (AvgIpc) is 1.95. The fourth-order valence-electron chi connectivity index (χ4n) is 0.906. The minimum atomic E-state index is -0.709. The van der Waals surface area contributed by atoms with Gasteiger partial charge in [-0.15, -0.1) is 12.6 Å². The summed E-state index contributed by atoms with van der Waals surface area (Å²) >= 11 is 8.78. The van der Waals surface area contributed by atoms with Gasteiger partial charge in [-0.1, -0.05) is 25.1 Å². The second kappa shape index (κ2) is 7.55. The van der Waals surface area contributed by atoms with Gasteiger partial charge in [-0.25, -0.2) is 0 Å². The van der Waals surface area contributed by atoms with E-state index in [2.05, 4.69) is 12.6 Å². The van der Waals surface area contributed by atoms with Gasteiger partial charge in [0.2, 0.25) is 0 Å². The molecule has 70 valence electrons. The molecule has 0 rings (SSSR count). The van der Waals surface area contributed by atoms with Crippen LogP contribution in [0.3, 0.4) is 0 Å². The lowest BCUT2D eigenvalue weighted by Crippen LogP contribution is -1.93. The maximum atomic E-state index is 10.1. The Morgan fingerprint density at radius 3 is 2.08 bits per heavy atom. The summed E-state index contributed by atoms with van der Waals surface area (Å²) in [6.07, 6.45) is 4.98. The molecule has 0 aromatic rings. The van der Waals surface area contributed by atoms with Gasteiger partial charge in [0.25, 0.3) is 0 Å². The zero-order chi connectivity index (χ0) is 9.40. The maximum Gasteiger partial charge on any atom is 0.303 e. The van der Waals surface area contributed by atoms with Gasteiger partial charge in [-0.2, -0.15) is 0 Å². The molecule has 0 fully saturated rings. The minimum Gasteiger partial charge on any atom is -0.481 e. The van der Waals surface area contributed by atoms with Crippen molar-refractivity contribution in [2.75, 3.05) is 0 Å². The quantitative estimate of drug-likeness (QED) is 0.382. The number of rotatable bonds is 7. The number of unbranched alkanes of at least 4 members (excludes halogenated alkanes) is 3. The fraction of sp³-hybridized carbons (Fsp3) is 0.750. The maximum absolute atomic E-state index is 10.1. The van der Waals surface area contributed by atoms with E-state index >= 15 is 0 Å². The van der Waals surface area contributed by atoms with Gasteiger partial charge in [-0.3, -0.25) is 4.79 Å². The number of hydrogen-bond acceptors (Lipinski definition) is 2.